The number of halogens is 2. The fourth-order valence-corrected chi connectivity index (χ4v) is 1.58. The molecule has 2 nitrogen and oxygen atoms in total. The Morgan fingerprint density at radius 3 is 2.86 bits per heavy atom. The van der Waals surface area contributed by atoms with Crippen molar-refractivity contribution in [3.05, 3.63) is 40.8 Å². The zero-order valence-corrected chi connectivity index (χ0v) is 8.27. The van der Waals surface area contributed by atoms with Crippen molar-refractivity contribution in [3.8, 4) is 11.3 Å². The topological polar surface area (TPSA) is 28.7 Å². The Hall–Kier alpha value is -1.35. The predicted molar refractivity (Wildman–Crippen MR) is 53.7 cm³/mol. The number of hydrogen-bond donors (Lipinski definition) is 1. The van der Waals surface area contributed by atoms with Crippen molar-refractivity contribution in [3.63, 3.8) is 0 Å². The van der Waals surface area contributed by atoms with Crippen LogP contribution < -0.4 is 0 Å². The number of H-pyrrole nitrogens is 1. The summed E-state index contributed by atoms with van der Waals surface area (Å²) in [5, 5.41) is 7.05. The van der Waals surface area contributed by atoms with Gasteiger partial charge in [-0.05, 0) is 30.7 Å². The highest BCUT2D eigenvalue weighted by atomic mass is 35.5. The number of aromatic nitrogens is 2. The van der Waals surface area contributed by atoms with Gasteiger partial charge in [-0.25, -0.2) is 4.39 Å². The first-order valence-corrected chi connectivity index (χ1v) is 4.51. The minimum absolute atomic E-state index is 0.265. The number of aryl methyl sites for hydroxylation is 1. The molecule has 0 unspecified atom stereocenters. The van der Waals surface area contributed by atoms with Gasteiger partial charge in [0.15, 0.2) is 0 Å². The predicted octanol–water partition coefficient (Wildman–Crippen LogP) is 3.18. The van der Waals surface area contributed by atoms with Gasteiger partial charge in [0.1, 0.15) is 5.82 Å². The average Bonchev–Trinajstić information content (AvgIpc) is 2.64. The van der Waals surface area contributed by atoms with Gasteiger partial charge < -0.3 is 0 Å². The molecule has 0 saturated carbocycles. The molecule has 1 heterocycles. The molecule has 1 N–H and O–H groups in total. The molecule has 0 bridgehead atoms. The summed E-state index contributed by atoms with van der Waals surface area (Å²) in [7, 11) is 0. The van der Waals surface area contributed by atoms with Crippen LogP contribution in [0.1, 0.15) is 5.56 Å². The van der Waals surface area contributed by atoms with E-state index in [1.54, 1.807) is 25.3 Å². The van der Waals surface area contributed by atoms with E-state index in [0.717, 1.165) is 0 Å². The van der Waals surface area contributed by atoms with Crippen LogP contribution in [0.15, 0.2) is 24.4 Å². The van der Waals surface area contributed by atoms with Crippen LogP contribution in [0.25, 0.3) is 11.3 Å². The molecule has 1 aromatic heterocycles. The van der Waals surface area contributed by atoms with Gasteiger partial charge in [0.25, 0.3) is 0 Å². The van der Waals surface area contributed by atoms with Crippen molar-refractivity contribution in [2.45, 2.75) is 6.92 Å². The zero-order chi connectivity index (χ0) is 10.1. The van der Waals surface area contributed by atoms with Crippen molar-refractivity contribution in [1.29, 1.82) is 0 Å². The van der Waals surface area contributed by atoms with Gasteiger partial charge >= 0.3 is 0 Å². The second-order valence-corrected chi connectivity index (χ2v) is 3.46. The standard InChI is InChI=1S/C10H8ClFN2/c1-6-4-8(11)7(5-9(6)12)10-2-3-13-14-10/h2-5H,1H3,(H,13,14). The summed E-state index contributed by atoms with van der Waals surface area (Å²) < 4.78 is 13.3. The summed E-state index contributed by atoms with van der Waals surface area (Å²) in [6, 6.07) is 4.76. The van der Waals surface area contributed by atoms with E-state index in [9.17, 15) is 4.39 Å². The number of aromatic amines is 1. The fourth-order valence-electron chi connectivity index (χ4n) is 1.26. The second kappa shape index (κ2) is 3.42. The molecule has 4 heteroatoms. The molecule has 2 rings (SSSR count). The van der Waals surface area contributed by atoms with Crippen molar-refractivity contribution in [2.24, 2.45) is 0 Å². The monoisotopic (exact) mass is 210 g/mol. The maximum atomic E-state index is 13.3. The largest absolute Gasteiger partial charge is 0.278 e. The van der Waals surface area contributed by atoms with E-state index in [-0.39, 0.29) is 5.82 Å². The molecule has 0 amide bonds. The smallest absolute Gasteiger partial charge is 0.126 e. The molecule has 0 aliphatic carbocycles. The lowest BCUT2D eigenvalue weighted by molar-refractivity contribution is 0.619. The Labute approximate surface area is 85.7 Å². The van der Waals surface area contributed by atoms with Crippen LogP contribution >= 0.6 is 11.6 Å². The van der Waals surface area contributed by atoms with Crippen LogP contribution in [-0.2, 0) is 0 Å². The number of nitrogens with zero attached hydrogens (tertiary/aromatic N) is 1. The molecule has 0 radical (unpaired) electrons. The van der Waals surface area contributed by atoms with E-state index in [4.69, 9.17) is 11.6 Å². The van der Waals surface area contributed by atoms with Crippen molar-refractivity contribution >= 4 is 11.6 Å². The van der Waals surface area contributed by atoms with E-state index >= 15 is 0 Å². The third-order valence-corrected chi connectivity index (χ3v) is 2.35. The van der Waals surface area contributed by atoms with Crippen LogP contribution in [0.4, 0.5) is 4.39 Å². The zero-order valence-electron chi connectivity index (χ0n) is 7.51. The van der Waals surface area contributed by atoms with Gasteiger partial charge in [0.2, 0.25) is 0 Å². The normalized spacial score (nSPS) is 10.5. The van der Waals surface area contributed by atoms with E-state index < -0.39 is 0 Å². The highest BCUT2D eigenvalue weighted by Crippen LogP contribution is 2.28. The lowest BCUT2D eigenvalue weighted by Gasteiger charge is -2.03. The number of nitrogens with one attached hydrogen (secondary N) is 1. The van der Waals surface area contributed by atoms with Crippen LogP contribution in [0, 0.1) is 12.7 Å². The van der Waals surface area contributed by atoms with E-state index in [1.807, 2.05) is 0 Å². The molecule has 0 aliphatic rings. The lowest BCUT2D eigenvalue weighted by atomic mass is 10.1. The third kappa shape index (κ3) is 1.51. The van der Waals surface area contributed by atoms with Gasteiger partial charge in [0, 0.05) is 11.8 Å². The van der Waals surface area contributed by atoms with Crippen LogP contribution in [0.5, 0.6) is 0 Å². The molecular weight excluding hydrogens is 203 g/mol. The molecule has 2 aromatic rings. The Morgan fingerprint density at radius 1 is 1.43 bits per heavy atom. The quantitative estimate of drug-likeness (QED) is 0.770. The molecule has 0 saturated heterocycles. The minimum atomic E-state index is -0.265. The summed E-state index contributed by atoms with van der Waals surface area (Å²) in [6.07, 6.45) is 1.60. The molecular formula is C10H8ClFN2. The van der Waals surface area contributed by atoms with Crippen molar-refractivity contribution in [2.75, 3.05) is 0 Å². The SMILES string of the molecule is Cc1cc(Cl)c(-c2ccn[nH]2)cc1F. The lowest BCUT2D eigenvalue weighted by Crippen LogP contribution is -1.87. The van der Waals surface area contributed by atoms with E-state index in [2.05, 4.69) is 10.2 Å². The summed E-state index contributed by atoms with van der Waals surface area (Å²) in [4.78, 5) is 0. The van der Waals surface area contributed by atoms with Crippen LogP contribution in [0.2, 0.25) is 5.02 Å². The minimum Gasteiger partial charge on any atom is -0.278 e. The highest BCUT2D eigenvalue weighted by molar-refractivity contribution is 6.33. The van der Waals surface area contributed by atoms with Gasteiger partial charge in [-0.15, -0.1) is 0 Å². The molecule has 0 aliphatic heterocycles. The number of rotatable bonds is 1. The van der Waals surface area contributed by atoms with Crippen molar-refractivity contribution in [1.82, 2.24) is 10.2 Å². The summed E-state index contributed by atoms with van der Waals surface area (Å²) in [5.74, 6) is -0.265. The van der Waals surface area contributed by atoms with Crippen LogP contribution in [0.3, 0.4) is 0 Å². The van der Waals surface area contributed by atoms with Gasteiger partial charge in [-0.3, -0.25) is 5.10 Å². The second-order valence-electron chi connectivity index (χ2n) is 3.05. The van der Waals surface area contributed by atoms with E-state index in [0.29, 0.717) is 21.8 Å². The first-order chi connectivity index (χ1) is 6.68. The Bertz CT molecular complexity index is 451. The summed E-state index contributed by atoms with van der Waals surface area (Å²) in [6.45, 7) is 1.68. The van der Waals surface area contributed by atoms with Gasteiger partial charge in [0.05, 0.1) is 10.7 Å². The summed E-state index contributed by atoms with van der Waals surface area (Å²) >= 11 is 5.98. The first kappa shape index (κ1) is 9.21. The Kier molecular flexibility index (Phi) is 2.25. The number of hydrogen-bond acceptors (Lipinski definition) is 1. The maximum Gasteiger partial charge on any atom is 0.126 e. The Morgan fingerprint density at radius 2 is 2.21 bits per heavy atom. The molecule has 0 fully saturated rings. The highest BCUT2D eigenvalue weighted by Gasteiger charge is 2.08. The fraction of sp³-hybridized carbons (Fsp3) is 0.100. The third-order valence-electron chi connectivity index (χ3n) is 2.04. The van der Waals surface area contributed by atoms with E-state index in [1.165, 1.54) is 6.07 Å². The molecule has 0 atom stereocenters. The maximum absolute atomic E-state index is 13.3. The van der Waals surface area contributed by atoms with Crippen molar-refractivity contribution < 1.29 is 4.39 Å². The molecule has 0 spiro atoms. The van der Waals surface area contributed by atoms with Gasteiger partial charge in [-0.1, -0.05) is 11.6 Å². The van der Waals surface area contributed by atoms with Gasteiger partial charge in [-0.2, -0.15) is 5.10 Å². The Balaban J connectivity index is 2.60. The first-order valence-electron chi connectivity index (χ1n) is 4.14. The molecule has 14 heavy (non-hydrogen) atoms. The van der Waals surface area contributed by atoms with Crippen LogP contribution in [-0.4, -0.2) is 10.2 Å². The number of benzene rings is 1. The summed E-state index contributed by atoms with van der Waals surface area (Å²) in [5.41, 5.74) is 1.89. The average molecular weight is 211 g/mol. The molecule has 72 valence electrons. The molecule has 1 aromatic carbocycles.